The van der Waals surface area contributed by atoms with E-state index in [9.17, 15) is 0 Å². The van der Waals surface area contributed by atoms with Crippen LogP contribution in [0.4, 0.5) is 0 Å². The van der Waals surface area contributed by atoms with Crippen LogP contribution in [0.3, 0.4) is 0 Å². The average molecular weight is 363 g/mol. The van der Waals surface area contributed by atoms with Gasteiger partial charge in [0.1, 0.15) is 0 Å². The summed E-state index contributed by atoms with van der Waals surface area (Å²) in [6.07, 6.45) is 0. The molecule has 0 saturated carbocycles. The maximum atomic E-state index is 4.62. The summed E-state index contributed by atoms with van der Waals surface area (Å²) in [6, 6.07) is 12.1. The van der Waals surface area contributed by atoms with Gasteiger partial charge in [0.15, 0.2) is 10.8 Å². The molecule has 1 aromatic carbocycles. The second-order valence-corrected chi connectivity index (χ2v) is 6.93. The Morgan fingerprint density at radius 1 is 1.05 bits per heavy atom. The number of thiophene rings is 1. The average Bonchev–Trinajstić information content (AvgIpc) is 3.15. The van der Waals surface area contributed by atoms with E-state index in [0.717, 1.165) is 30.7 Å². The zero-order valence-electron chi connectivity index (χ0n) is 10.0. The topological polar surface area (TPSA) is 43.1 Å². The lowest BCUT2D eigenvalue weighted by atomic mass is 10.2. The normalized spacial score (nSPS) is 11.2. The van der Waals surface area contributed by atoms with Gasteiger partial charge in [0, 0.05) is 10.0 Å². The van der Waals surface area contributed by atoms with Gasteiger partial charge >= 0.3 is 0 Å². The summed E-state index contributed by atoms with van der Waals surface area (Å²) in [5.41, 5.74) is 1.00. The van der Waals surface area contributed by atoms with Gasteiger partial charge in [-0.2, -0.15) is 9.61 Å². The van der Waals surface area contributed by atoms with Crippen molar-refractivity contribution < 1.29 is 0 Å². The highest BCUT2D eigenvalue weighted by Crippen LogP contribution is 2.30. The van der Waals surface area contributed by atoms with Crippen LogP contribution in [0.5, 0.6) is 0 Å². The third-order valence-corrected chi connectivity index (χ3v) is 5.29. The number of rotatable bonds is 2. The number of aromatic nitrogens is 4. The Balaban J connectivity index is 1.86. The summed E-state index contributed by atoms with van der Waals surface area (Å²) in [4.78, 5) is 1.97. The molecule has 0 aliphatic rings. The Labute approximate surface area is 130 Å². The highest BCUT2D eigenvalue weighted by Gasteiger charge is 2.14. The first-order valence-corrected chi connectivity index (χ1v) is 8.32. The summed E-state index contributed by atoms with van der Waals surface area (Å²) in [7, 11) is 0. The predicted octanol–water partition coefficient (Wildman–Crippen LogP) is 4.34. The van der Waals surface area contributed by atoms with Crippen LogP contribution in [0.25, 0.3) is 26.2 Å². The molecule has 0 aliphatic carbocycles. The van der Waals surface area contributed by atoms with Crippen molar-refractivity contribution >= 4 is 43.6 Å². The Bertz CT molecular complexity index is 862. The standard InChI is InChI=1S/C13H7BrN4S2/c14-9-5-3-8(4-6-9)11-15-16-13-18(11)17-12(20-13)10-2-1-7-19-10/h1-7H. The van der Waals surface area contributed by atoms with Crippen molar-refractivity contribution in [3.63, 3.8) is 0 Å². The van der Waals surface area contributed by atoms with Crippen LogP contribution < -0.4 is 0 Å². The molecule has 0 amide bonds. The van der Waals surface area contributed by atoms with Crippen LogP contribution in [-0.4, -0.2) is 19.8 Å². The maximum Gasteiger partial charge on any atom is 0.235 e. The molecule has 0 atom stereocenters. The fourth-order valence-electron chi connectivity index (χ4n) is 1.90. The molecule has 0 N–H and O–H groups in total. The van der Waals surface area contributed by atoms with Gasteiger partial charge in [0.05, 0.1) is 4.88 Å². The lowest BCUT2D eigenvalue weighted by Gasteiger charge is -1.96. The minimum atomic E-state index is 0.770. The monoisotopic (exact) mass is 362 g/mol. The molecule has 4 rings (SSSR count). The summed E-state index contributed by atoms with van der Waals surface area (Å²) < 4.78 is 2.85. The molecule has 0 radical (unpaired) electrons. The molecule has 98 valence electrons. The third kappa shape index (κ3) is 1.98. The first-order chi connectivity index (χ1) is 9.81. The van der Waals surface area contributed by atoms with E-state index in [0.29, 0.717) is 0 Å². The smallest absolute Gasteiger partial charge is 0.182 e. The number of benzene rings is 1. The minimum absolute atomic E-state index is 0.770. The Kier molecular flexibility index (Phi) is 2.90. The molecule has 7 heteroatoms. The van der Waals surface area contributed by atoms with Crippen molar-refractivity contribution in [1.82, 2.24) is 19.8 Å². The zero-order valence-corrected chi connectivity index (χ0v) is 13.2. The summed E-state index contributed by atoms with van der Waals surface area (Å²) in [5.74, 6) is 0.770. The lowest BCUT2D eigenvalue weighted by molar-refractivity contribution is 0.972. The van der Waals surface area contributed by atoms with Gasteiger partial charge in [-0.1, -0.05) is 45.5 Å². The summed E-state index contributed by atoms with van der Waals surface area (Å²) in [6.45, 7) is 0. The van der Waals surface area contributed by atoms with Crippen LogP contribution in [0.2, 0.25) is 0 Å². The molecule has 20 heavy (non-hydrogen) atoms. The van der Waals surface area contributed by atoms with Gasteiger partial charge in [-0.15, -0.1) is 21.5 Å². The van der Waals surface area contributed by atoms with Gasteiger partial charge in [-0.3, -0.25) is 0 Å². The quantitative estimate of drug-likeness (QED) is 0.532. The number of hydrogen-bond donors (Lipinski definition) is 0. The Morgan fingerprint density at radius 3 is 2.65 bits per heavy atom. The fourth-order valence-corrected chi connectivity index (χ4v) is 3.79. The highest BCUT2D eigenvalue weighted by molar-refractivity contribution is 9.10. The second kappa shape index (κ2) is 4.76. The second-order valence-electron chi connectivity index (χ2n) is 4.11. The molecule has 0 unspecified atom stereocenters. The van der Waals surface area contributed by atoms with E-state index in [1.54, 1.807) is 22.7 Å². The highest BCUT2D eigenvalue weighted by atomic mass is 79.9. The van der Waals surface area contributed by atoms with E-state index in [-0.39, 0.29) is 0 Å². The van der Waals surface area contributed by atoms with Crippen molar-refractivity contribution in [2.24, 2.45) is 0 Å². The van der Waals surface area contributed by atoms with E-state index in [4.69, 9.17) is 0 Å². The number of hydrogen-bond acceptors (Lipinski definition) is 5. The van der Waals surface area contributed by atoms with Crippen molar-refractivity contribution in [3.05, 3.63) is 46.3 Å². The molecule has 0 spiro atoms. The van der Waals surface area contributed by atoms with Crippen LogP contribution in [-0.2, 0) is 0 Å². The first kappa shape index (κ1) is 12.2. The third-order valence-electron chi connectivity index (χ3n) is 2.83. The lowest BCUT2D eigenvalue weighted by Crippen LogP contribution is -1.90. The van der Waals surface area contributed by atoms with Crippen molar-refractivity contribution in [3.8, 4) is 21.3 Å². The molecule has 0 saturated heterocycles. The molecular weight excluding hydrogens is 356 g/mol. The molecular formula is C13H7BrN4S2. The fraction of sp³-hybridized carbons (Fsp3) is 0. The zero-order chi connectivity index (χ0) is 13.5. The molecule has 0 fully saturated rings. The van der Waals surface area contributed by atoms with Gasteiger partial charge < -0.3 is 0 Å². The Morgan fingerprint density at radius 2 is 1.90 bits per heavy atom. The van der Waals surface area contributed by atoms with Crippen LogP contribution >= 0.6 is 38.6 Å². The summed E-state index contributed by atoms with van der Waals surface area (Å²) >= 11 is 6.67. The van der Waals surface area contributed by atoms with Crippen molar-refractivity contribution in [2.45, 2.75) is 0 Å². The minimum Gasteiger partial charge on any atom is -0.182 e. The van der Waals surface area contributed by atoms with Gasteiger partial charge in [0.25, 0.3) is 0 Å². The van der Waals surface area contributed by atoms with Crippen molar-refractivity contribution in [1.29, 1.82) is 0 Å². The number of nitrogens with zero attached hydrogens (tertiary/aromatic N) is 4. The van der Waals surface area contributed by atoms with Crippen LogP contribution in [0.1, 0.15) is 0 Å². The molecule has 4 aromatic rings. The molecule has 3 aromatic heterocycles. The SMILES string of the molecule is Brc1ccc(-c2nnc3sc(-c4cccs4)nn23)cc1. The van der Waals surface area contributed by atoms with Gasteiger partial charge in [0.2, 0.25) is 4.96 Å². The summed E-state index contributed by atoms with van der Waals surface area (Å²) in [5, 5.41) is 16.1. The molecule has 3 heterocycles. The van der Waals surface area contributed by atoms with Crippen LogP contribution in [0, 0.1) is 0 Å². The molecule has 0 aliphatic heterocycles. The number of halogens is 1. The van der Waals surface area contributed by atoms with E-state index in [1.807, 2.05) is 40.2 Å². The molecule has 0 bridgehead atoms. The molecule has 4 nitrogen and oxygen atoms in total. The van der Waals surface area contributed by atoms with E-state index < -0.39 is 0 Å². The van der Waals surface area contributed by atoms with E-state index in [1.165, 1.54) is 0 Å². The predicted molar refractivity (Wildman–Crippen MR) is 85.1 cm³/mol. The number of fused-ring (bicyclic) bond motifs is 1. The maximum absolute atomic E-state index is 4.62. The largest absolute Gasteiger partial charge is 0.235 e. The Hall–Kier alpha value is -1.57. The van der Waals surface area contributed by atoms with E-state index >= 15 is 0 Å². The first-order valence-electron chi connectivity index (χ1n) is 5.83. The van der Waals surface area contributed by atoms with Crippen molar-refractivity contribution in [2.75, 3.05) is 0 Å². The van der Waals surface area contributed by atoms with Gasteiger partial charge in [-0.05, 0) is 23.6 Å². The van der Waals surface area contributed by atoms with E-state index in [2.05, 4.69) is 37.3 Å². The van der Waals surface area contributed by atoms with Gasteiger partial charge in [-0.25, -0.2) is 0 Å². The van der Waals surface area contributed by atoms with Crippen LogP contribution in [0.15, 0.2) is 46.3 Å².